The lowest BCUT2D eigenvalue weighted by Crippen LogP contribution is -2.54. The van der Waals surface area contributed by atoms with E-state index in [4.69, 9.17) is 38.4 Å². The van der Waals surface area contributed by atoms with Gasteiger partial charge in [0.05, 0.1) is 56.3 Å². The lowest BCUT2D eigenvalue weighted by Gasteiger charge is -2.36. The molecule has 31 heteroatoms. The van der Waals surface area contributed by atoms with Gasteiger partial charge in [0, 0.05) is 84.7 Å². The van der Waals surface area contributed by atoms with Crippen LogP contribution in [0.1, 0.15) is 133 Å². The van der Waals surface area contributed by atoms with E-state index in [1.165, 1.54) is 48.5 Å². The van der Waals surface area contributed by atoms with Crippen LogP contribution in [0.2, 0.25) is 0 Å². The number of rotatable bonds is 37. The normalized spacial score (nSPS) is 14.9. The summed E-state index contributed by atoms with van der Waals surface area (Å²) in [5, 5.41) is 47.6. The fourth-order valence-electron chi connectivity index (χ4n) is 11.4. The number of anilines is 1. The number of carbonyl (C=O) groups excluding carboxylic acids is 12. The van der Waals surface area contributed by atoms with Crippen molar-refractivity contribution in [2.45, 2.75) is 81.9 Å². The smallest absolute Gasteiger partial charge is 0.340 e. The monoisotopic (exact) mass is 1370 g/mol. The number of aromatic hydroxyl groups is 2. The van der Waals surface area contributed by atoms with Gasteiger partial charge in [0.1, 0.15) is 54.0 Å². The summed E-state index contributed by atoms with van der Waals surface area (Å²) in [7, 11) is 0. The summed E-state index contributed by atoms with van der Waals surface area (Å²) in [6.45, 7) is -0.492. The number of nitrogens with zero attached hydrogens (tertiary/aromatic N) is 1. The van der Waals surface area contributed by atoms with Crippen molar-refractivity contribution in [1.29, 1.82) is 0 Å². The summed E-state index contributed by atoms with van der Waals surface area (Å²) in [5.74, 6) is -6.79. The van der Waals surface area contributed by atoms with Gasteiger partial charge in [0.15, 0.2) is 12.2 Å². The van der Waals surface area contributed by atoms with Gasteiger partial charge < -0.3 is 75.3 Å². The molecule has 1 unspecified atom stereocenters. The molecular weight excluding hydrogens is 1290 g/mol. The number of hydroxylamine groups is 1. The molecule has 9 rings (SSSR count). The summed E-state index contributed by atoms with van der Waals surface area (Å²) in [6, 6.07) is 21.7. The summed E-state index contributed by atoms with van der Waals surface area (Å²) >= 11 is 0. The van der Waals surface area contributed by atoms with Crippen molar-refractivity contribution in [3.63, 3.8) is 0 Å². The van der Waals surface area contributed by atoms with Crippen LogP contribution in [0.5, 0.6) is 28.7 Å². The van der Waals surface area contributed by atoms with E-state index in [9.17, 15) is 67.7 Å². The fourth-order valence-corrected chi connectivity index (χ4v) is 11.4. The van der Waals surface area contributed by atoms with E-state index in [1.54, 1.807) is 54.0 Å². The molecule has 2 atom stereocenters. The predicted octanol–water partition coefficient (Wildman–Crippen LogP) is 2.65. The number of piperidine rings is 1. The average molecular weight is 1370 g/mol. The first-order valence-corrected chi connectivity index (χ1v) is 32.1. The number of nitrogens with one attached hydrogen (secondary N) is 8. The molecule has 0 saturated carbocycles. The molecule has 5 aromatic carbocycles. The Kier molecular flexibility index (Phi) is 25.5. The molecule has 0 aliphatic carbocycles. The number of hydrogen-bond acceptors (Lipinski definition) is 22. The maximum Gasteiger partial charge on any atom is 0.340 e. The molecular formula is C68H75N9O22. The van der Waals surface area contributed by atoms with E-state index < -0.39 is 95.9 Å². The van der Waals surface area contributed by atoms with Crippen LogP contribution in [-0.2, 0) is 62.8 Å². The van der Waals surface area contributed by atoms with Gasteiger partial charge in [-0.05, 0) is 111 Å². The molecule has 1 saturated heterocycles. The van der Waals surface area contributed by atoms with Crippen LogP contribution >= 0.6 is 0 Å². The highest BCUT2D eigenvalue weighted by Crippen LogP contribution is 2.57. The Morgan fingerprint density at radius 1 is 0.586 bits per heavy atom. The minimum atomic E-state index is -1.52. The molecule has 11 N–H and O–H groups in total. The van der Waals surface area contributed by atoms with Gasteiger partial charge >= 0.3 is 5.97 Å². The van der Waals surface area contributed by atoms with Gasteiger partial charge in [-0.25, -0.2) is 10.3 Å². The number of phenolic OH excluding ortho intramolecular Hbond substituents is 2. The number of amides is 11. The molecule has 4 aliphatic rings. The maximum absolute atomic E-state index is 13.7. The van der Waals surface area contributed by atoms with Gasteiger partial charge in [-0.1, -0.05) is 25.0 Å². The Morgan fingerprint density at radius 2 is 1.20 bits per heavy atom. The van der Waals surface area contributed by atoms with Crippen molar-refractivity contribution in [1.82, 2.24) is 42.3 Å². The Hall–Kier alpha value is -10.9. The first kappa shape index (κ1) is 72.4. The number of phenols is 2. The van der Waals surface area contributed by atoms with E-state index in [0.29, 0.717) is 53.7 Å². The summed E-state index contributed by atoms with van der Waals surface area (Å²) in [4.78, 5) is 154. The second-order valence-electron chi connectivity index (χ2n) is 23.1. The van der Waals surface area contributed by atoms with Crippen LogP contribution in [0.25, 0.3) is 0 Å². The van der Waals surface area contributed by atoms with E-state index in [-0.39, 0.29) is 148 Å². The average Bonchev–Trinajstić information content (AvgIpc) is 1.61. The van der Waals surface area contributed by atoms with E-state index >= 15 is 0 Å². The lowest BCUT2D eigenvalue weighted by molar-refractivity contribution is -0.136. The van der Waals surface area contributed by atoms with Crippen LogP contribution < -0.4 is 52.2 Å². The number of fused-ring (bicyclic) bond motifs is 7. The van der Waals surface area contributed by atoms with Gasteiger partial charge in [0.25, 0.3) is 29.5 Å². The summed E-state index contributed by atoms with van der Waals surface area (Å²) in [6.07, 6.45) is 3.89. The SMILES string of the molecule is O=C(CCCCCCNC(=O)c1ccc(NC(=O)COCCOCCNC(=O)[C@H](CCCCNC(=O)c2ccc3c(c2)C(=O)OC32c3ccc(O)cc3Oc3cc(O)ccc32)NC(=O)COCCOCCNC(=O)COc2cccc3c2C(=O)N(C2CCC(=O)NC2=O)C3=O)cc1)NO. The molecule has 99 heavy (non-hydrogen) atoms. The van der Waals surface area contributed by atoms with Crippen LogP contribution in [0.4, 0.5) is 5.69 Å². The number of hydrogen-bond donors (Lipinski definition) is 11. The Labute approximate surface area is 566 Å². The van der Waals surface area contributed by atoms with Crippen molar-refractivity contribution < 1.29 is 106 Å². The zero-order valence-electron chi connectivity index (χ0n) is 53.7. The molecule has 0 bridgehead atoms. The lowest BCUT2D eigenvalue weighted by atomic mass is 9.77. The molecule has 4 aliphatic heterocycles. The standard InChI is InChI=1S/C68H75N9O22/c78-43-17-20-48-53(35-43)98-54-36-44(79)18-21-49(54)68(48)47-19-14-41(34-46(47)67(91)99-68)62(86)71-25-6-4-9-50(63(87)72-27-29-94-31-32-95-37-58(83)73-42-15-12-40(13-16-42)61(85)70-24-5-2-1-3-11-56(81)76-92)74-59(84)38-96-33-30-93-28-26-69-57(82)39-97-52-10-7-8-45-60(52)66(90)77(65(45)89)51-22-23-55(80)75-64(51)88/h7-8,10,12-21,34-36,50-51,78-79,92H,1-6,9,11,22-33,37-39H2,(H,69,82)(H,70,85)(H,71,86)(H,72,87)(H,73,83)(H,74,84)(H,76,81)(H,75,80,88)/t50-,51?/m0/s1. The van der Waals surface area contributed by atoms with E-state index in [2.05, 4.69) is 37.2 Å². The van der Waals surface area contributed by atoms with Crippen LogP contribution in [-0.4, -0.2) is 189 Å². The summed E-state index contributed by atoms with van der Waals surface area (Å²) in [5.41, 5.74) is 2.32. The Balaban J connectivity index is 0.689. The topological polar surface area (TPSA) is 430 Å². The van der Waals surface area contributed by atoms with Crippen molar-refractivity contribution in [2.75, 3.05) is 91.0 Å². The van der Waals surface area contributed by atoms with Crippen molar-refractivity contribution >= 4 is 76.6 Å². The quantitative estimate of drug-likeness (QED) is 0.00895. The second-order valence-corrected chi connectivity index (χ2v) is 23.1. The van der Waals surface area contributed by atoms with Crippen LogP contribution in [0, 0.1) is 0 Å². The van der Waals surface area contributed by atoms with Gasteiger partial charge in [0.2, 0.25) is 35.4 Å². The third-order valence-corrected chi connectivity index (χ3v) is 16.2. The molecule has 0 aromatic heterocycles. The van der Waals surface area contributed by atoms with Crippen molar-refractivity contribution in [3.8, 4) is 28.7 Å². The molecule has 11 amide bonds. The number of carbonyl (C=O) groups is 12. The van der Waals surface area contributed by atoms with Gasteiger partial charge in [-0.2, -0.15) is 0 Å². The highest BCUT2D eigenvalue weighted by atomic mass is 16.6. The Morgan fingerprint density at radius 3 is 1.88 bits per heavy atom. The fraction of sp³-hybridized carbons (Fsp3) is 0.382. The number of esters is 1. The molecule has 1 spiro atoms. The molecule has 4 heterocycles. The largest absolute Gasteiger partial charge is 0.508 e. The molecule has 31 nitrogen and oxygen atoms in total. The maximum atomic E-state index is 13.7. The third-order valence-electron chi connectivity index (χ3n) is 16.2. The van der Waals surface area contributed by atoms with Crippen molar-refractivity contribution in [3.05, 3.63) is 142 Å². The first-order valence-electron chi connectivity index (χ1n) is 32.1. The Bertz CT molecular complexity index is 3810. The number of ether oxygens (including phenoxy) is 7. The number of unbranched alkanes of at least 4 members (excludes halogenated alkanes) is 4. The molecule has 524 valence electrons. The third kappa shape index (κ3) is 18.8. The van der Waals surface area contributed by atoms with E-state index in [1.807, 2.05) is 0 Å². The van der Waals surface area contributed by atoms with Gasteiger partial charge in [-0.3, -0.25) is 68.2 Å². The zero-order valence-corrected chi connectivity index (χ0v) is 53.7. The molecule has 5 aromatic rings. The first-order chi connectivity index (χ1) is 47.8. The highest BCUT2D eigenvalue weighted by Gasteiger charge is 2.54. The minimum Gasteiger partial charge on any atom is -0.508 e. The van der Waals surface area contributed by atoms with Gasteiger partial charge in [-0.15, -0.1) is 0 Å². The second kappa shape index (κ2) is 34.9. The highest BCUT2D eigenvalue weighted by molar-refractivity contribution is 6.24. The van der Waals surface area contributed by atoms with Crippen LogP contribution in [0.15, 0.2) is 97.1 Å². The predicted molar refractivity (Wildman–Crippen MR) is 344 cm³/mol. The van der Waals surface area contributed by atoms with Crippen molar-refractivity contribution in [2.24, 2.45) is 0 Å². The summed E-state index contributed by atoms with van der Waals surface area (Å²) < 4.78 is 39.8. The van der Waals surface area contributed by atoms with Crippen LogP contribution in [0.3, 0.4) is 0 Å². The zero-order chi connectivity index (χ0) is 70.4. The molecule has 0 radical (unpaired) electrons. The van der Waals surface area contributed by atoms with E-state index in [0.717, 1.165) is 24.2 Å². The molecule has 1 fully saturated rings. The minimum absolute atomic E-state index is 0.0104. The number of benzene rings is 5. The number of imide groups is 2.